The molecule has 3 aliphatic heterocycles. The fourth-order valence-corrected chi connectivity index (χ4v) is 4.21. The number of halogens is 3. The molecule has 0 radical (unpaired) electrons. The second-order valence-corrected chi connectivity index (χ2v) is 7.40. The van der Waals surface area contributed by atoms with E-state index in [0.717, 1.165) is 6.54 Å². The lowest BCUT2D eigenvalue weighted by molar-refractivity contribution is -0.207. The van der Waals surface area contributed by atoms with E-state index in [-0.39, 0.29) is 24.5 Å². The summed E-state index contributed by atoms with van der Waals surface area (Å²) in [4.78, 5) is 17.6. The molecule has 3 unspecified atom stereocenters. The van der Waals surface area contributed by atoms with Crippen LogP contribution in [-0.4, -0.2) is 97.5 Å². The summed E-state index contributed by atoms with van der Waals surface area (Å²) >= 11 is 0. The van der Waals surface area contributed by atoms with E-state index in [1.807, 2.05) is 6.92 Å². The number of amides is 1. The predicted octanol–water partition coefficient (Wildman–Crippen LogP) is 0.490. The fraction of sp³-hybridized carbons (Fsp3) is 0.938. The number of likely N-dealkylation sites (N-methyl/N-ethyl adjacent to an activating group) is 1. The van der Waals surface area contributed by atoms with Gasteiger partial charge in [0.2, 0.25) is 5.91 Å². The average Bonchev–Trinajstić information content (AvgIpc) is 2.53. The predicted molar refractivity (Wildman–Crippen MR) is 86.0 cm³/mol. The van der Waals surface area contributed by atoms with Crippen LogP contribution in [0.5, 0.6) is 0 Å². The van der Waals surface area contributed by atoms with Gasteiger partial charge in [-0.25, -0.2) is 0 Å². The Hall–Kier alpha value is -0.900. The Bertz CT molecular complexity index is 490. The van der Waals surface area contributed by atoms with E-state index < -0.39 is 18.4 Å². The van der Waals surface area contributed by atoms with E-state index in [1.165, 1.54) is 4.90 Å². The van der Waals surface area contributed by atoms with Crippen LogP contribution in [0.1, 0.15) is 19.8 Å². The Morgan fingerprint density at radius 2 is 1.96 bits per heavy atom. The molecule has 3 saturated heterocycles. The largest absolute Gasteiger partial charge is 0.405 e. The average molecular weight is 364 g/mol. The minimum Gasteiger partial charge on any atom is -0.379 e. The maximum absolute atomic E-state index is 13.5. The Morgan fingerprint density at radius 3 is 2.64 bits per heavy atom. The zero-order valence-corrected chi connectivity index (χ0v) is 14.8. The first-order valence-electron chi connectivity index (χ1n) is 8.89. The highest BCUT2D eigenvalue weighted by Crippen LogP contribution is 2.31. The maximum atomic E-state index is 13.5. The van der Waals surface area contributed by atoms with Gasteiger partial charge in [-0.15, -0.1) is 0 Å². The monoisotopic (exact) mass is 364 g/mol. The summed E-state index contributed by atoms with van der Waals surface area (Å²) in [6.07, 6.45) is -4.02. The van der Waals surface area contributed by atoms with E-state index in [9.17, 15) is 18.0 Å². The molecule has 144 valence electrons. The van der Waals surface area contributed by atoms with Gasteiger partial charge in [-0.3, -0.25) is 14.6 Å². The first-order valence-corrected chi connectivity index (χ1v) is 8.89. The zero-order chi connectivity index (χ0) is 18.2. The molecule has 0 aromatic heterocycles. The summed E-state index contributed by atoms with van der Waals surface area (Å²) in [5, 5.41) is 2.80. The van der Waals surface area contributed by atoms with Crippen molar-refractivity contribution in [2.75, 3.05) is 46.4 Å². The molecule has 25 heavy (non-hydrogen) atoms. The van der Waals surface area contributed by atoms with Gasteiger partial charge in [0.25, 0.3) is 0 Å². The van der Waals surface area contributed by atoms with Crippen molar-refractivity contribution in [2.24, 2.45) is 0 Å². The van der Waals surface area contributed by atoms with Gasteiger partial charge >= 0.3 is 6.18 Å². The number of hydrogen-bond acceptors (Lipinski definition) is 5. The number of hydrogen-bond donors (Lipinski definition) is 1. The van der Waals surface area contributed by atoms with Crippen molar-refractivity contribution < 1.29 is 22.7 Å². The highest BCUT2D eigenvalue weighted by Gasteiger charge is 2.49. The third kappa shape index (κ3) is 4.27. The summed E-state index contributed by atoms with van der Waals surface area (Å²) in [5.41, 5.74) is 0. The second-order valence-electron chi connectivity index (χ2n) is 7.40. The topological polar surface area (TPSA) is 48.1 Å². The Balaban J connectivity index is 1.74. The van der Waals surface area contributed by atoms with Crippen molar-refractivity contribution in [3.63, 3.8) is 0 Å². The van der Waals surface area contributed by atoms with E-state index in [4.69, 9.17) is 4.74 Å². The van der Waals surface area contributed by atoms with Crippen LogP contribution < -0.4 is 5.32 Å². The lowest BCUT2D eigenvalue weighted by atomic mass is 9.97. The van der Waals surface area contributed by atoms with Gasteiger partial charge in [-0.2, -0.15) is 13.2 Å². The molecule has 9 heteroatoms. The van der Waals surface area contributed by atoms with Crippen LogP contribution in [0.4, 0.5) is 13.2 Å². The minimum absolute atomic E-state index is 0.0359. The normalized spacial score (nSPS) is 37.1. The summed E-state index contributed by atoms with van der Waals surface area (Å²) in [6, 6.07) is -1.40. The summed E-state index contributed by atoms with van der Waals surface area (Å²) in [6.45, 7) is 4.77. The van der Waals surface area contributed by atoms with Crippen molar-refractivity contribution in [1.29, 1.82) is 0 Å². The van der Waals surface area contributed by atoms with Crippen LogP contribution >= 0.6 is 0 Å². The lowest BCUT2D eigenvalue weighted by Crippen LogP contribution is -2.67. The minimum atomic E-state index is -4.31. The first kappa shape index (κ1) is 18.9. The quantitative estimate of drug-likeness (QED) is 0.773. The fourth-order valence-electron chi connectivity index (χ4n) is 4.21. The molecular weight excluding hydrogens is 337 g/mol. The van der Waals surface area contributed by atoms with Gasteiger partial charge in [0.05, 0.1) is 19.4 Å². The van der Waals surface area contributed by atoms with E-state index in [0.29, 0.717) is 39.1 Å². The highest BCUT2D eigenvalue weighted by atomic mass is 19.4. The Kier molecular flexibility index (Phi) is 5.57. The molecule has 1 N–H and O–H groups in total. The van der Waals surface area contributed by atoms with Gasteiger partial charge in [-0.1, -0.05) is 0 Å². The van der Waals surface area contributed by atoms with Crippen molar-refractivity contribution in [2.45, 2.75) is 50.2 Å². The first-order chi connectivity index (χ1) is 11.8. The van der Waals surface area contributed by atoms with Crippen LogP contribution in [0.15, 0.2) is 0 Å². The van der Waals surface area contributed by atoms with E-state index in [1.54, 1.807) is 11.9 Å². The number of alkyl halides is 3. The molecule has 0 bridgehead atoms. The van der Waals surface area contributed by atoms with Crippen molar-refractivity contribution in [3.05, 3.63) is 0 Å². The number of carbonyl (C=O) groups is 1. The van der Waals surface area contributed by atoms with E-state index >= 15 is 0 Å². The number of nitrogens with one attached hydrogen (secondary N) is 1. The van der Waals surface area contributed by atoms with Crippen LogP contribution in [0, 0.1) is 0 Å². The van der Waals surface area contributed by atoms with Gasteiger partial charge in [-0.05, 0) is 20.4 Å². The molecular formula is C16H27F3N4O2. The molecule has 3 fully saturated rings. The van der Waals surface area contributed by atoms with Gasteiger partial charge in [0.15, 0.2) is 0 Å². The van der Waals surface area contributed by atoms with Crippen LogP contribution in [0.2, 0.25) is 0 Å². The number of rotatable bonds is 2. The lowest BCUT2D eigenvalue weighted by Gasteiger charge is -2.49. The number of piperidine rings is 1. The van der Waals surface area contributed by atoms with Crippen molar-refractivity contribution in [1.82, 2.24) is 20.0 Å². The van der Waals surface area contributed by atoms with E-state index in [2.05, 4.69) is 10.2 Å². The molecule has 3 rings (SSSR count). The van der Waals surface area contributed by atoms with Crippen LogP contribution in [-0.2, 0) is 9.53 Å². The molecule has 0 aliphatic carbocycles. The summed E-state index contributed by atoms with van der Waals surface area (Å²) in [7, 11) is 1.70. The molecule has 0 aromatic carbocycles. The molecule has 0 aromatic rings. The number of ether oxygens (including phenoxy) is 1. The summed E-state index contributed by atoms with van der Waals surface area (Å²) < 4.78 is 46.0. The third-order valence-electron chi connectivity index (χ3n) is 5.54. The number of morpholine rings is 1. The number of piperazine rings is 1. The van der Waals surface area contributed by atoms with Gasteiger partial charge < -0.3 is 15.0 Å². The van der Waals surface area contributed by atoms with Crippen LogP contribution in [0.3, 0.4) is 0 Å². The molecule has 4 atom stereocenters. The molecule has 1 amide bonds. The molecule has 0 saturated carbocycles. The Labute approximate surface area is 146 Å². The molecule has 0 spiro atoms. The standard InChI is InChI=1S/C16H27F3N4O2/c1-11-10-25-6-5-22(11)12-7-14(20-15(24)8-12)23-4-3-21(2)9-13(23)16(17,18)19/h11-14H,3-10H2,1-2H3,(H,20,24)/t11-,12?,13?,14?/m1/s1. The van der Waals surface area contributed by atoms with Gasteiger partial charge in [0, 0.05) is 44.7 Å². The van der Waals surface area contributed by atoms with Crippen molar-refractivity contribution in [3.8, 4) is 0 Å². The van der Waals surface area contributed by atoms with Crippen molar-refractivity contribution >= 4 is 5.91 Å². The summed E-state index contributed by atoms with van der Waals surface area (Å²) in [5.74, 6) is -0.167. The molecule has 6 nitrogen and oxygen atoms in total. The number of nitrogens with zero attached hydrogens (tertiary/aromatic N) is 3. The van der Waals surface area contributed by atoms with Gasteiger partial charge in [0.1, 0.15) is 6.04 Å². The smallest absolute Gasteiger partial charge is 0.379 e. The molecule has 3 heterocycles. The Morgan fingerprint density at radius 1 is 1.20 bits per heavy atom. The second kappa shape index (κ2) is 7.38. The highest BCUT2D eigenvalue weighted by molar-refractivity contribution is 5.77. The van der Waals surface area contributed by atoms with Crippen LogP contribution in [0.25, 0.3) is 0 Å². The third-order valence-corrected chi connectivity index (χ3v) is 5.54. The molecule has 3 aliphatic rings. The zero-order valence-electron chi connectivity index (χ0n) is 14.8. The number of carbonyl (C=O) groups excluding carboxylic acids is 1. The maximum Gasteiger partial charge on any atom is 0.405 e. The SMILES string of the molecule is C[C@@H]1COCCN1C1CC(=O)NC(N2CCN(C)CC2C(F)(F)F)C1.